The lowest BCUT2D eigenvalue weighted by Gasteiger charge is -2.26. The molecule has 1 saturated heterocycles. The first-order valence-corrected chi connectivity index (χ1v) is 12.1. The number of hydrogen-bond acceptors (Lipinski definition) is 5. The molecule has 3 heterocycles. The van der Waals surface area contributed by atoms with Gasteiger partial charge in [-0.15, -0.1) is 0 Å². The number of hydrogen-bond donors (Lipinski definition) is 1. The van der Waals surface area contributed by atoms with E-state index in [2.05, 4.69) is 49.8 Å². The lowest BCUT2D eigenvalue weighted by molar-refractivity contribution is -0.121. The molecule has 2 aliphatic rings. The molecule has 8 heteroatoms. The van der Waals surface area contributed by atoms with Gasteiger partial charge in [-0.05, 0) is 54.8 Å². The summed E-state index contributed by atoms with van der Waals surface area (Å²) < 4.78 is 19.4. The minimum Gasteiger partial charge on any atom is -0.454 e. The number of fused-ring (bicyclic) bond motifs is 2. The van der Waals surface area contributed by atoms with Gasteiger partial charge in [0.2, 0.25) is 12.7 Å². The van der Waals surface area contributed by atoms with E-state index in [0.717, 1.165) is 72.0 Å². The molecule has 0 spiro atoms. The largest absolute Gasteiger partial charge is 0.454 e. The highest BCUT2D eigenvalue weighted by molar-refractivity contribution is 9.10. The topological polar surface area (TPSA) is 65.0 Å². The molecule has 0 saturated carbocycles. The highest BCUT2D eigenvalue weighted by Gasteiger charge is 2.19. The average molecular weight is 514 g/mol. The Morgan fingerprint density at radius 1 is 1.09 bits per heavy atom. The lowest BCUT2D eigenvalue weighted by atomic mass is 10.1. The first-order chi connectivity index (χ1) is 16.1. The Balaban J connectivity index is 1.30. The van der Waals surface area contributed by atoms with Crippen LogP contribution in [0.5, 0.6) is 11.5 Å². The van der Waals surface area contributed by atoms with Crippen LogP contribution in [0.15, 0.2) is 40.9 Å². The van der Waals surface area contributed by atoms with E-state index in [1.54, 1.807) is 0 Å². The number of benzene rings is 2. The van der Waals surface area contributed by atoms with Gasteiger partial charge in [-0.25, -0.2) is 0 Å². The molecule has 1 aromatic heterocycles. The minimum absolute atomic E-state index is 0.0182. The summed E-state index contributed by atoms with van der Waals surface area (Å²) in [5.41, 5.74) is 4.53. The van der Waals surface area contributed by atoms with Gasteiger partial charge in [0.15, 0.2) is 11.5 Å². The Morgan fingerprint density at radius 2 is 1.91 bits per heavy atom. The van der Waals surface area contributed by atoms with Crippen molar-refractivity contribution in [3.63, 3.8) is 0 Å². The number of amides is 1. The highest BCUT2D eigenvalue weighted by atomic mass is 79.9. The zero-order chi connectivity index (χ0) is 22.8. The second kappa shape index (κ2) is 9.75. The third-order valence-corrected chi connectivity index (χ3v) is 6.92. The van der Waals surface area contributed by atoms with E-state index in [1.165, 1.54) is 10.9 Å². The van der Waals surface area contributed by atoms with Crippen molar-refractivity contribution >= 4 is 32.7 Å². The molecule has 1 N–H and O–H groups in total. The van der Waals surface area contributed by atoms with Gasteiger partial charge in [0.25, 0.3) is 0 Å². The molecule has 33 heavy (non-hydrogen) atoms. The number of carbonyl (C=O) groups excluding carboxylic acids is 1. The van der Waals surface area contributed by atoms with Gasteiger partial charge in [-0.3, -0.25) is 9.69 Å². The monoisotopic (exact) mass is 513 g/mol. The Bertz CT molecular complexity index is 1170. The maximum absolute atomic E-state index is 12.9. The summed E-state index contributed by atoms with van der Waals surface area (Å²) in [6, 6.07) is 12.0. The predicted octanol–water partition coefficient (Wildman–Crippen LogP) is 3.63. The number of ether oxygens (including phenoxy) is 3. The van der Waals surface area contributed by atoms with Crippen molar-refractivity contribution in [2.24, 2.45) is 0 Å². The Kier molecular flexibility index (Phi) is 6.57. The molecule has 0 radical (unpaired) electrons. The zero-order valence-electron chi connectivity index (χ0n) is 18.7. The van der Waals surface area contributed by atoms with Crippen LogP contribution in [-0.2, 0) is 29.0 Å². The van der Waals surface area contributed by atoms with Gasteiger partial charge in [0, 0.05) is 47.2 Å². The molecule has 5 rings (SSSR count). The van der Waals surface area contributed by atoms with Gasteiger partial charge in [-0.1, -0.05) is 22.0 Å². The van der Waals surface area contributed by atoms with Crippen LogP contribution >= 0.6 is 15.9 Å². The molecule has 1 fully saturated rings. The maximum atomic E-state index is 12.9. The number of rotatable bonds is 7. The van der Waals surface area contributed by atoms with Crippen molar-refractivity contribution in [1.82, 2.24) is 14.8 Å². The lowest BCUT2D eigenvalue weighted by Crippen LogP contribution is -2.37. The minimum atomic E-state index is -0.0182. The molecule has 0 atom stereocenters. The van der Waals surface area contributed by atoms with Gasteiger partial charge < -0.3 is 24.1 Å². The van der Waals surface area contributed by atoms with Crippen LogP contribution in [0, 0.1) is 6.92 Å². The van der Waals surface area contributed by atoms with Crippen molar-refractivity contribution in [2.45, 2.75) is 26.4 Å². The first kappa shape index (κ1) is 22.3. The SMILES string of the molecule is Cc1c(CCN2CCOCC2)c2cc(Br)ccc2n1CC(=O)NCc1ccc2c(c1)OCO2. The number of nitrogens with one attached hydrogen (secondary N) is 1. The molecular formula is C25H28BrN3O4. The number of aromatic nitrogens is 1. The number of halogens is 1. The number of morpholine rings is 1. The fourth-order valence-corrected chi connectivity index (χ4v) is 4.95. The molecule has 0 bridgehead atoms. The van der Waals surface area contributed by atoms with E-state index in [1.807, 2.05) is 24.3 Å². The maximum Gasteiger partial charge on any atom is 0.240 e. The second-order valence-corrected chi connectivity index (χ2v) is 9.40. The van der Waals surface area contributed by atoms with Crippen LogP contribution in [0.3, 0.4) is 0 Å². The van der Waals surface area contributed by atoms with Crippen molar-refractivity contribution in [3.05, 3.63) is 57.7 Å². The van der Waals surface area contributed by atoms with Crippen molar-refractivity contribution in [2.75, 3.05) is 39.6 Å². The summed E-state index contributed by atoms with van der Waals surface area (Å²) >= 11 is 3.62. The molecular weight excluding hydrogens is 486 g/mol. The summed E-state index contributed by atoms with van der Waals surface area (Å²) in [5.74, 6) is 1.45. The third-order valence-electron chi connectivity index (χ3n) is 6.43. The van der Waals surface area contributed by atoms with Crippen LogP contribution in [0.4, 0.5) is 0 Å². The highest BCUT2D eigenvalue weighted by Crippen LogP contribution is 2.32. The van der Waals surface area contributed by atoms with Crippen LogP contribution in [0.1, 0.15) is 16.8 Å². The Labute approximate surface area is 201 Å². The summed E-state index contributed by atoms with van der Waals surface area (Å²) in [6.07, 6.45) is 0.949. The fraction of sp³-hybridized carbons (Fsp3) is 0.400. The second-order valence-electron chi connectivity index (χ2n) is 8.48. The van der Waals surface area contributed by atoms with Crippen LogP contribution < -0.4 is 14.8 Å². The van der Waals surface area contributed by atoms with Gasteiger partial charge in [-0.2, -0.15) is 0 Å². The van der Waals surface area contributed by atoms with E-state index in [-0.39, 0.29) is 19.2 Å². The molecule has 2 aliphatic heterocycles. The van der Waals surface area contributed by atoms with E-state index in [9.17, 15) is 4.79 Å². The van der Waals surface area contributed by atoms with Gasteiger partial charge in [0.1, 0.15) is 6.54 Å². The standard InChI is InChI=1S/C25H28BrN3O4/c1-17-20(6-7-28-8-10-31-11-9-28)21-13-19(26)3-4-22(21)29(17)15-25(30)27-14-18-2-5-23-24(12-18)33-16-32-23/h2-5,12-13H,6-11,14-16H2,1H3,(H,27,30). The van der Waals surface area contributed by atoms with Gasteiger partial charge >= 0.3 is 0 Å². The van der Waals surface area contributed by atoms with Crippen molar-refractivity contribution in [1.29, 1.82) is 0 Å². The van der Waals surface area contributed by atoms with Crippen molar-refractivity contribution < 1.29 is 19.0 Å². The van der Waals surface area contributed by atoms with Crippen LogP contribution in [-0.4, -0.2) is 55.0 Å². The third kappa shape index (κ3) is 4.88. The van der Waals surface area contributed by atoms with E-state index in [0.29, 0.717) is 6.54 Å². The summed E-state index contributed by atoms with van der Waals surface area (Å²) in [6.45, 7) is 7.64. The smallest absolute Gasteiger partial charge is 0.240 e. The van der Waals surface area contributed by atoms with Crippen LogP contribution in [0.2, 0.25) is 0 Å². The average Bonchev–Trinajstić information content (AvgIpc) is 3.39. The predicted molar refractivity (Wildman–Crippen MR) is 130 cm³/mol. The zero-order valence-corrected chi connectivity index (χ0v) is 20.3. The number of carbonyl (C=O) groups is 1. The molecule has 3 aromatic rings. The van der Waals surface area contributed by atoms with E-state index in [4.69, 9.17) is 14.2 Å². The summed E-state index contributed by atoms with van der Waals surface area (Å²) in [4.78, 5) is 15.3. The quantitative estimate of drug-likeness (QED) is 0.522. The molecule has 2 aromatic carbocycles. The Morgan fingerprint density at radius 3 is 2.76 bits per heavy atom. The van der Waals surface area contributed by atoms with Gasteiger partial charge in [0.05, 0.1) is 13.2 Å². The van der Waals surface area contributed by atoms with Crippen molar-refractivity contribution in [3.8, 4) is 11.5 Å². The van der Waals surface area contributed by atoms with E-state index < -0.39 is 0 Å². The molecule has 7 nitrogen and oxygen atoms in total. The number of nitrogens with zero attached hydrogens (tertiary/aromatic N) is 2. The summed E-state index contributed by atoms with van der Waals surface area (Å²) in [7, 11) is 0. The molecule has 0 aliphatic carbocycles. The summed E-state index contributed by atoms with van der Waals surface area (Å²) in [5, 5.41) is 4.25. The fourth-order valence-electron chi connectivity index (χ4n) is 4.59. The molecule has 1 amide bonds. The van der Waals surface area contributed by atoms with E-state index >= 15 is 0 Å². The first-order valence-electron chi connectivity index (χ1n) is 11.3. The molecule has 174 valence electrons. The Hall–Kier alpha value is -2.55. The molecule has 0 unspecified atom stereocenters. The van der Waals surface area contributed by atoms with Crippen LogP contribution in [0.25, 0.3) is 10.9 Å². The normalized spacial score (nSPS) is 15.8.